The Morgan fingerprint density at radius 3 is 1.71 bits per heavy atom. The molecule has 0 atom stereocenters. The highest BCUT2D eigenvalue weighted by Crippen LogP contribution is 2.25. The van der Waals surface area contributed by atoms with Crippen LogP contribution in [0.1, 0.15) is 41.0 Å². The number of hydrogen-bond acceptors (Lipinski definition) is 2. The van der Waals surface area contributed by atoms with Gasteiger partial charge < -0.3 is 10.2 Å². The maximum Gasteiger partial charge on any atom is 0.00180 e. The van der Waals surface area contributed by atoms with Crippen molar-refractivity contribution in [3.63, 3.8) is 0 Å². The van der Waals surface area contributed by atoms with Gasteiger partial charge in [0.2, 0.25) is 0 Å². The van der Waals surface area contributed by atoms with Crippen LogP contribution in [-0.4, -0.2) is 38.6 Å². The molecule has 1 saturated heterocycles. The van der Waals surface area contributed by atoms with E-state index in [4.69, 9.17) is 0 Å². The Hall–Kier alpha value is -0.0800. The smallest absolute Gasteiger partial charge is 0.00180 e. The van der Waals surface area contributed by atoms with E-state index in [1.165, 1.54) is 26.1 Å². The van der Waals surface area contributed by atoms with Crippen LogP contribution in [0.3, 0.4) is 0 Å². The Kier molecular flexibility index (Phi) is 11.1. The number of rotatable bonds is 3. The average Bonchev–Trinajstić information content (AvgIpc) is 2.18. The lowest BCUT2D eigenvalue weighted by atomic mass is 9.81. The first-order valence-electron chi connectivity index (χ1n) is 5.98. The zero-order valence-corrected chi connectivity index (χ0v) is 11.3. The molecule has 1 rings (SSSR count). The van der Waals surface area contributed by atoms with Crippen molar-refractivity contribution in [3.05, 3.63) is 0 Å². The van der Waals surface area contributed by atoms with Gasteiger partial charge in [-0.25, -0.2) is 0 Å². The van der Waals surface area contributed by atoms with E-state index < -0.39 is 0 Å². The molecule has 1 fully saturated rings. The minimum Gasteiger partial charge on any atom is -0.316 e. The van der Waals surface area contributed by atoms with E-state index in [1.807, 2.05) is 27.7 Å². The molecule has 2 nitrogen and oxygen atoms in total. The molecule has 0 aliphatic carbocycles. The van der Waals surface area contributed by atoms with Gasteiger partial charge in [0.05, 0.1) is 0 Å². The van der Waals surface area contributed by atoms with E-state index >= 15 is 0 Å². The van der Waals surface area contributed by atoms with Gasteiger partial charge in [0.15, 0.2) is 0 Å². The molecule has 1 heterocycles. The molecule has 2 heteroatoms. The molecule has 0 aromatic carbocycles. The van der Waals surface area contributed by atoms with E-state index in [9.17, 15) is 0 Å². The quantitative estimate of drug-likeness (QED) is 0.757. The molecule has 0 bridgehead atoms. The molecule has 0 spiro atoms. The van der Waals surface area contributed by atoms with Gasteiger partial charge in [-0.2, -0.15) is 0 Å². The second kappa shape index (κ2) is 9.47. The molecule has 1 N–H and O–H groups in total. The van der Waals surface area contributed by atoms with Gasteiger partial charge in [-0.1, -0.05) is 34.6 Å². The summed E-state index contributed by atoms with van der Waals surface area (Å²) in [6.45, 7) is 14.0. The molecule has 0 amide bonds. The monoisotopic (exact) mass is 202 g/mol. The summed E-state index contributed by atoms with van der Waals surface area (Å²) < 4.78 is 0. The van der Waals surface area contributed by atoms with Crippen LogP contribution in [0.2, 0.25) is 0 Å². The molecule has 14 heavy (non-hydrogen) atoms. The summed E-state index contributed by atoms with van der Waals surface area (Å²) in [5.41, 5.74) is 0.601. The van der Waals surface area contributed by atoms with Gasteiger partial charge >= 0.3 is 0 Å². The van der Waals surface area contributed by atoms with E-state index in [0.717, 1.165) is 0 Å². The average molecular weight is 202 g/mol. The minimum atomic E-state index is 0.601. The fourth-order valence-corrected chi connectivity index (χ4v) is 1.22. The van der Waals surface area contributed by atoms with Crippen molar-refractivity contribution in [1.29, 1.82) is 0 Å². The standard InChI is InChI=1S/C8H18N2.2C2H6/c1-8(6-9-7-8)4-5-10(2)3;2*1-2/h9H,4-7H2,1-3H3;2*1-2H3. The molecule has 0 aromatic rings. The van der Waals surface area contributed by atoms with Gasteiger partial charge in [-0.3, -0.25) is 0 Å². The maximum atomic E-state index is 3.31. The SMILES string of the molecule is CC.CC.CN(C)CCC1(C)CNC1. The van der Waals surface area contributed by atoms with Crippen molar-refractivity contribution in [2.24, 2.45) is 5.41 Å². The maximum absolute atomic E-state index is 3.31. The molecule has 1 aliphatic heterocycles. The lowest BCUT2D eigenvalue weighted by molar-refractivity contribution is 0.161. The first kappa shape index (κ1) is 16.4. The van der Waals surface area contributed by atoms with Crippen LogP contribution < -0.4 is 5.32 Å². The topological polar surface area (TPSA) is 15.3 Å². The van der Waals surface area contributed by atoms with Crippen molar-refractivity contribution < 1.29 is 0 Å². The molecule has 88 valence electrons. The summed E-state index contributed by atoms with van der Waals surface area (Å²) in [6.07, 6.45) is 1.33. The third-order valence-electron chi connectivity index (χ3n) is 2.27. The minimum absolute atomic E-state index is 0.601. The highest BCUT2D eigenvalue weighted by atomic mass is 15.1. The van der Waals surface area contributed by atoms with Gasteiger partial charge in [-0.15, -0.1) is 0 Å². The molecule has 0 aromatic heterocycles. The lowest BCUT2D eigenvalue weighted by Crippen LogP contribution is -2.52. The van der Waals surface area contributed by atoms with Crippen molar-refractivity contribution in [3.8, 4) is 0 Å². The molecular weight excluding hydrogens is 172 g/mol. The molecule has 0 saturated carbocycles. The predicted molar refractivity (Wildman–Crippen MR) is 66.8 cm³/mol. The Morgan fingerprint density at radius 2 is 1.50 bits per heavy atom. The highest BCUT2D eigenvalue weighted by molar-refractivity contribution is 4.88. The van der Waals surface area contributed by atoms with Gasteiger partial charge in [0.25, 0.3) is 0 Å². The van der Waals surface area contributed by atoms with Crippen LogP contribution >= 0.6 is 0 Å². The van der Waals surface area contributed by atoms with Gasteiger partial charge in [0.1, 0.15) is 0 Å². The summed E-state index contributed by atoms with van der Waals surface area (Å²) >= 11 is 0. The predicted octanol–water partition coefficient (Wildman–Crippen LogP) is 2.60. The first-order valence-corrected chi connectivity index (χ1v) is 5.98. The fourth-order valence-electron chi connectivity index (χ4n) is 1.22. The van der Waals surface area contributed by atoms with Gasteiger partial charge in [-0.05, 0) is 32.5 Å². The summed E-state index contributed by atoms with van der Waals surface area (Å²) in [6, 6.07) is 0. The highest BCUT2D eigenvalue weighted by Gasteiger charge is 2.30. The van der Waals surface area contributed by atoms with E-state index in [-0.39, 0.29) is 0 Å². The first-order chi connectivity index (χ1) is 6.62. The van der Waals surface area contributed by atoms with E-state index in [0.29, 0.717) is 5.41 Å². The number of nitrogens with zero attached hydrogens (tertiary/aromatic N) is 1. The number of nitrogens with one attached hydrogen (secondary N) is 1. The van der Waals surface area contributed by atoms with Crippen LogP contribution in [0.4, 0.5) is 0 Å². The second-order valence-electron chi connectivity index (χ2n) is 3.97. The van der Waals surface area contributed by atoms with Crippen LogP contribution in [0.5, 0.6) is 0 Å². The Bertz CT molecular complexity index is 107. The van der Waals surface area contributed by atoms with Crippen LogP contribution in [0, 0.1) is 5.41 Å². The fraction of sp³-hybridized carbons (Fsp3) is 1.00. The lowest BCUT2D eigenvalue weighted by Gasteiger charge is -2.40. The van der Waals surface area contributed by atoms with Crippen molar-refractivity contribution in [2.45, 2.75) is 41.0 Å². The normalized spacial score (nSPS) is 17.1. The van der Waals surface area contributed by atoms with Crippen molar-refractivity contribution in [1.82, 2.24) is 10.2 Å². The molecule has 1 aliphatic rings. The second-order valence-corrected chi connectivity index (χ2v) is 3.97. The van der Waals surface area contributed by atoms with Crippen molar-refractivity contribution >= 4 is 0 Å². The third-order valence-corrected chi connectivity index (χ3v) is 2.27. The molecule has 0 unspecified atom stereocenters. The summed E-state index contributed by atoms with van der Waals surface area (Å²) in [4.78, 5) is 2.25. The Balaban J connectivity index is 0. The summed E-state index contributed by atoms with van der Waals surface area (Å²) in [5.74, 6) is 0. The number of hydrogen-bond donors (Lipinski definition) is 1. The third kappa shape index (κ3) is 7.34. The molecular formula is C12H30N2. The zero-order chi connectivity index (χ0) is 11.6. The largest absolute Gasteiger partial charge is 0.316 e. The van der Waals surface area contributed by atoms with Crippen LogP contribution in [0.25, 0.3) is 0 Å². The Morgan fingerprint density at radius 1 is 1.07 bits per heavy atom. The zero-order valence-electron chi connectivity index (χ0n) is 11.3. The van der Waals surface area contributed by atoms with E-state index in [2.05, 4.69) is 31.2 Å². The van der Waals surface area contributed by atoms with Crippen LogP contribution in [0.15, 0.2) is 0 Å². The summed E-state index contributed by atoms with van der Waals surface area (Å²) in [7, 11) is 4.27. The Labute approximate surface area is 91.1 Å². The van der Waals surface area contributed by atoms with Crippen molar-refractivity contribution in [2.75, 3.05) is 33.7 Å². The van der Waals surface area contributed by atoms with E-state index in [1.54, 1.807) is 0 Å². The van der Waals surface area contributed by atoms with Gasteiger partial charge in [0, 0.05) is 13.1 Å². The molecule has 0 radical (unpaired) electrons. The van der Waals surface area contributed by atoms with Crippen LogP contribution in [-0.2, 0) is 0 Å². The summed E-state index contributed by atoms with van der Waals surface area (Å²) in [5, 5.41) is 3.31.